The first-order valence-electron chi connectivity index (χ1n) is 4.96. The molecule has 0 aliphatic rings. The lowest BCUT2D eigenvalue weighted by molar-refractivity contribution is 0.413. The third-order valence-corrected chi connectivity index (χ3v) is 2.61. The minimum atomic E-state index is 0.158. The maximum Gasteiger partial charge on any atom is 0.151 e. The summed E-state index contributed by atoms with van der Waals surface area (Å²) in [5.74, 6) is 0.436. The number of nitriles is 1. The van der Waals surface area contributed by atoms with Crippen LogP contribution in [0.5, 0.6) is 5.75 Å². The lowest BCUT2D eigenvalue weighted by Gasteiger charge is -2.07. The molecule has 0 aliphatic heterocycles. The van der Waals surface area contributed by atoms with Gasteiger partial charge in [-0.2, -0.15) is 5.26 Å². The van der Waals surface area contributed by atoms with Gasteiger partial charge in [0.05, 0.1) is 12.8 Å². The third-order valence-electron chi connectivity index (χ3n) is 2.34. The second-order valence-corrected chi connectivity index (χ2v) is 3.71. The number of halogens is 1. The minimum absolute atomic E-state index is 0.158. The van der Waals surface area contributed by atoms with Crippen LogP contribution in [0.2, 0.25) is 5.15 Å². The molecule has 1 heterocycles. The Balaban J connectivity index is 2.59. The van der Waals surface area contributed by atoms with Crippen molar-refractivity contribution in [2.45, 2.75) is 0 Å². The Morgan fingerprint density at radius 2 is 2.00 bits per heavy atom. The Labute approximate surface area is 104 Å². The summed E-state index contributed by atoms with van der Waals surface area (Å²) in [4.78, 5) is 4.19. The first-order chi connectivity index (χ1) is 8.26. The first-order valence-corrected chi connectivity index (χ1v) is 5.34. The first kappa shape index (κ1) is 11.4. The average molecular weight is 245 g/mol. The van der Waals surface area contributed by atoms with E-state index in [9.17, 15) is 0 Å². The number of hydrogen-bond donors (Lipinski definition) is 0. The highest BCUT2D eigenvalue weighted by Crippen LogP contribution is 2.29. The van der Waals surface area contributed by atoms with Gasteiger partial charge in [0, 0.05) is 11.6 Å². The van der Waals surface area contributed by atoms with Crippen LogP contribution in [0.15, 0.2) is 36.4 Å². The molecule has 0 aliphatic carbocycles. The molecular weight excluding hydrogens is 236 g/mol. The van der Waals surface area contributed by atoms with Crippen LogP contribution in [-0.4, -0.2) is 12.1 Å². The van der Waals surface area contributed by atoms with E-state index in [1.54, 1.807) is 6.07 Å². The highest BCUT2D eigenvalue weighted by atomic mass is 35.5. The van der Waals surface area contributed by atoms with Crippen LogP contribution in [0, 0.1) is 11.3 Å². The molecule has 1 aromatic heterocycles. The van der Waals surface area contributed by atoms with Gasteiger partial charge in [0.2, 0.25) is 0 Å². The standard InChI is InChI=1S/C13H9ClN2O/c1-17-12-7-11(9-5-3-2-4-6-9)16-13(14)10(12)8-15/h2-7H,1H3. The van der Waals surface area contributed by atoms with Crippen molar-refractivity contribution in [3.8, 4) is 23.1 Å². The van der Waals surface area contributed by atoms with Crippen LogP contribution in [0.1, 0.15) is 5.56 Å². The molecule has 0 N–H and O–H groups in total. The lowest BCUT2D eigenvalue weighted by atomic mass is 10.1. The summed E-state index contributed by atoms with van der Waals surface area (Å²) in [6, 6.07) is 13.3. The topological polar surface area (TPSA) is 45.9 Å². The molecule has 0 bridgehead atoms. The smallest absolute Gasteiger partial charge is 0.151 e. The van der Waals surface area contributed by atoms with Crippen LogP contribution in [0.25, 0.3) is 11.3 Å². The summed E-state index contributed by atoms with van der Waals surface area (Å²) in [6.07, 6.45) is 0. The molecule has 2 aromatic rings. The van der Waals surface area contributed by atoms with Gasteiger partial charge in [-0.3, -0.25) is 0 Å². The molecule has 0 atom stereocenters. The van der Waals surface area contributed by atoms with Gasteiger partial charge in [-0.25, -0.2) is 4.98 Å². The van der Waals surface area contributed by atoms with E-state index < -0.39 is 0 Å². The molecule has 0 amide bonds. The summed E-state index contributed by atoms with van der Waals surface area (Å²) in [5, 5.41) is 9.10. The van der Waals surface area contributed by atoms with E-state index in [2.05, 4.69) is 4.98 Å². The molecule has 84 valence electrons. The molecule has 0 unspecified atom stereocenters. The zero-order chi connectivity index (χ0) is 12.3. The SMILES string of the molecule is COc1cc(-c2ccccc2)nc(Cl)c1C#N. The molecule has 0 saturated carbocycles. The van der Waals surface area contributed by atoms with Gasteiger partial charge < -0.3 is 4.74 Å². The fourth-order valence-electron chi connectivity index (χ4n) is 1.51. The number of aromatic nitrogens is 1. The molecule has 0 radical (unpaired) electrons. The van der Waals surface area contributed by atoms with Gasteiger partial charge >= 0.3 is 0 Å². The van der Waals surface area contributed by atoms with Crippen molar-refractivity contribution in [1.29, 1.82) is 5.26 Å². The van der Waals surface area contributed by atoms with Gasteiger partial charge in [0.1, 0.15) is 17.4 Å². The summed E-state index contributed by atoms with van der Waals surface area (Å²) < 4.78 is 5.13. The van der Waals surface area contributed by atoms with Crippen molar-refractivity contribution >= 4 is 11.6 Å². The Morgan fingerprint density at radius 1 is 1.29 bits per heavy atom. The molecule has 0 fully saturated rings. The van der Waals surface area contributed by atoms with Gasteiger partial charge in [-0.15, -0.1) is 0 Å². The number of ether oxygens (including phenoxy) is 1. The average Bonchev–Trinajstić information content (AvgIpc) is 2.38. The van der Waals surface area contributed by atoms with E-state index in [1.807, 2.05) is 36.4 Å². The van der Waals surface area contributed by atoms with Crippen LogP contribution >= 0.6 is 11.6 Å². The molecule has 0 saturated heterocycles. The van der Waals surface area contributed by atoms with Crippen LogP contribution in [-0.2, 0) is 0 Å². The maximum atomic E-state index is 8.94. The largest absolute Gasteiger partial charge is 0.495 e. The number of methoxy groups -OCH3 is 1. The number of benzene rings is 1. The van der Waals surface area contributed by atoms with Crippen molar-refractivity contribution in [3.63, 3.8) is 0 Å². The number of pyridine rings is 1. The summed E-state index contributed by atoms with van der Waals surface area (Å²) in [6.45, 7) is 0. The summed E-state index contributed by atoms with van der Waals surface area (Å²) >= 11 is 5.95. The number of rotatable bonds is 2. The van der Waals surface area contributed by atoms with Crippen molar-refractivity contribution in [2.24, 2.45) is 0 Å². The van der Waals surface area contributed by atoms with E-state index in [-0.39, 0.29) is 10.7 Å². The molecule has 2 rings (SSSR count). The second kappa shape index (κ2) is 4.86. The molecule has 4 heteroatoms. The minimum Gasteiger partial charge on any atom is -0.495 e. The van der Waals surface area contributed by atoms with Gasteiger partial charge in [-0.05, 0) is 0 Å². The molecule has 3 nitrogen and oxygen atoms in total. The Kier molecular flexibility index (Phi) is 3.27. The van der Waals surface area contributed by atoms with Crippen molar-refractivity contribution in [1.82, 2.24) is 4.98 Å². The zero-order valence-corrected chi connectivity index (χ0v) is 9.90. The van der Waals surface area contributed by atoms with E-state index >= 15 is 0 Å². The Bertz CT molecular complexity index is 576. The van der Waals surface area contributed by atoms with E-state index in [1.165, 1.54) is 7.11 Å². The number of hydrogen-bond acceptors (Lipinski definition) is 3. The zero-order valence-electron chi connectivity index (χ0n) is 9.14. The Hall–Kier alpha value is -2.05. The van der Waals surface area contributed by atoms with E-state index in [0.29, 0.717) is 11.4 Å². The van der Waals surface area contributed by atoms with Crippen LogP contribution < -0.4 is 4.74 Å². The van der Waals surface area contributed by atoms with Crippen LogP contribution in [0.3, 0.4) is 0 Å². The van der Waals surface area contributed by atoms with Gasteiger partial charge in [0.25, 0.3) is 0 Å². The fraction of sp³-hybridized carbons (Fsp3) is 0.0769. The van der Waals surface area contributed by atoms with Crippen molar-refractivity contribution < 1.29 is 4.74 Å². The molecular formula is C13H9ClN2O. The monoisotopic (exact) mass is 244 g/mol. The van der Waals surface area contributed by atoms with Crippen molar-refractivity contribution in [2.75, 3.05) is 7.11 Å². The quantitative estimate of drug-likeness (QED) is 0.762. The predicted octanol–water partition coefficient (Wildman–Crippen LogP) is 3.28. The number of nitrogens with zero attached hydrogens (tertiary/aromatic N) is 2. The normalized spacial score (nSPS) is 9.71. The highest BCUT2D eigenvalue weighted by molar-refractivity contribution is 6.30. The van der Waals surface area contributed by atoms with E-state index in [0.717, 1.165) is 5.56 Å². The van der Waals surface area contributed by atoms with Crippen molar-refractivity contribution in [3.05, 3.63) is 47.1 Å². The maximum absolute atomic E-state index is 8.94. The lowest BCUT2D eigenvalue weighted by Crippen LogP contribution is -1.94. The Morgan fingerprint density at radius 3 is 2.59 bits per heavy atom. The highest BCUT2D eigenvalue weighted by Gasteiger charge is 2.12. The summed E-state index contributed by atoms with van der Waals surface area (Å²) in [7, 11) is 1.50. The summed E-state index contributed by atoms with van der Waals surface area (Å²) in [5.41, 5.74) is 1.87. The van der Waals surface area contributed by atoms with Gasteiger partial charge in [0.15, 0.2) is 5.15 Å². The van der Waals surface area contributed by atoms with Crippen LogP contribution in [0.4, 0.5) is 0 Å². The second-order valence-electron chi connectivity index (χ2n) is 3.35. The van der Waals surface area contributed by atoms with Gasteiger partial charge in [-0.1, -0.05) is 41.9 Å². The fourth-order valence-corrected chi connectivity index (χ4v) is 1.74. The van der Waals surface area contributed by atoms with E-state index in [4.69, 9.17) is 21.6 Å². The molecule has 17 heavy (non-hydrogen) atoms. The molecule has 0 spiro atoms. The predicted molar refractivity (Wildman–Crippen MR) is 66.0 cm³/mol. The molecule has 1 aromatic carbocycles. The third kappa shape index (κ3) is 2.22.